The third-order valence-electron chi connectivity index (χ3n) is 13.7. The van der Waals surface area contributed by atoms with Gasteiger partial charge in [-0.3, -0.25) is 19.2 Å². The number of epoxide rings is 1. The SMILES string of the molecule is CC(=O)O[C@H]1[C@H]2[C@H]([C@@H]3[C@@H](O)[C@@H]4[C@H]([C@H](C)C=C5OC(=O)[C@@](C)(O)[C@@]54C)[C@@]3(C(C)=O)[C@H]1O)[C@@H](OC(C)=O)C(=O)[C@H]1C[C@@H]3O[C@@H]3[C@H](O)[C@]21C. The highest BCUT2D eigenvalue weighted by atomic mass is 16.6. The molecule has 0 bridgehead atoms. The molecule has 0 amide bonds. The van der Waals surface area contributed by atoms with E-state index >= 15 is 0 Å². The van der Waals surface area contributed by atoms with Gasteiger partial charge in [-0.15, -0.1) is 0 Å². The van der Waals surface area contributed by atoms with Crippen molar-refractivity contribution in [2.24, 2.45) is 57.7 Å². The first-order valence-electron chi connectivity index (χ1n) is 16.1. The maximum absolute atomic E-state index is 14.5. The molecule has 13 nitrogen and oxygen atoms in total. The number of rotatable bonds is 3. The molecular weight excluding hydrogens is 604 g/mol. The predicted molar refractivity (Wildman–Crippen MR) is 152 cm³/mol. The highest BCUT2D eigenvalue weighted by Crippen LogP contribution is 2.75. The van der Waals surface area contributed by atoms with Crippen LogP contribution < -0.4 is 0 Å². The standard InChI is InChI=1S/C33H42O13/c1-10-8-16-31(6,32(7,42)29(41)46-16)21-18(10)33(11(2)34)19(23(21)38)17-20(26(28(33)40)44-13(4)36)30(5)14(9-15-24(45-15)27(30)39)22(37)25(17)43-12(3)35/h8,10,14-15,17-21,23-28,38-40,42H,9H2,1-7H3/t10-,14-,15+,17+,18+,19-,20-,21+,23-,24+,25-,26+,27+,28+,30+,31+,32-,33-/m1/s1. The largest absolute Gasteiger partial charge is 0.459 e. The van der Waals surface area contributed by atoms with Crippen molar-refractivity contribution in [2.75, 3.05) is 0 Å². The maximum Gasteiger partial charge on any atom is 0.343 e. The molecule has 4 N–H and O–H groups in total. The first-order valence-corrected chi connectivity index (χ1v) is 16.1. The first kappa shape index (κ1) is 31.9. The number of Topliss-reactive ketones (excluding diaryl/α,β-unsaturated/α-hetero) is 2. The summed E-state index contributed by atoms with van der Waals surface area (Å²) >= 11 is 0. The zero-order chi connectivity index (χ0) is 33.8. The number of ketones is 2. The van der Waals surface area contributed by atoms with Gasteiger partial charge < -0.3 is 39.4 Å². The number of allylic oxidation sites excluding steroid dienone is 1. The van der Waals surface area contributed by atoms with Gasteiger partial charge in [0.1, 0.15) is 29.9 Å². The van der Waals surface area contributed by atoms with Crippen molar-refractivity contribution in [1.82, 2.24) is 0 Å². The molecule has 4 saturated carbocycles. The number of fused-ring (bicyclic) bond motifs is 10. The maximum atomic E-state index is 14.5. The Balaban J connectivity index is 1.52. The Morgan fingerprint density at radius 1 is 0.913 bits per heavy atom. The quantitative estimate of drug-likeness (QED) is 0.179. The number of hydrogen-bond donors (Lipinski definition) is 4. The summed E-state index contributed by atoms with van der Waals surface area (Å²) in [6, 6.07) is 0. The molecule has 2 saturated heterocycles. The van der Waals surface area contributed by atoms with Crippen LogP contribution >= 0.6 is 0 Å². The molecule has 2 aliphatic heterocycles. The molecule has 0 radical (unpaired) electrons. The van der Waals surface area contributed by atoms with Crippen molar-refractivity contribution in [1.29, 1.82) is 0 Å². The van der Waals surface area contributed by atoms with Gasteiger partial charge in [-0.05, 0) is 45.1 Å². The van der Waals surface area contributed by atoms with E-state index in [1.807, 2.05) is 0 Å². The highest BCUT2D eigenvalue weighted by molar-refractivity contribution is 5.92. The molecule has 7 aliphatic rings. The number of carbonyl (C=O) groups excluding carboxylic acids is 5. The van der Waals surface area contributed by atoms with Gasteiger partial charge in [0, 0.05) is 48.9 Å². The number of aliphatic hydroxyl groups is 4. The van der Waals surface area contributed by atoms with E-state index in [1.54, 1.807) is 26.8 Å². The van der Waals surface area contributed by atoms with Gasteiger partial charge in [0.05, 0.1) is 29.1 Å². The summed E-state index contributed by atoms with van der Waals surface area (Å²) in [5.74, 6) is -10.7. The fourth-order valence-electron chi connectivity index (χ4n) is 11.7. The number of hydrogen-bond acceptors (Lipinski definition) is 13. The monoisotopic (exact) mass is 646 g/mol. The number of carbonyl (C=O) groups is 5. The van der Waals surface area contributed by atoms with Gasteiger partial charge >= 0.3 is 17.9 Å². The summed E-state index contributed by atoms with van der Waals surface area (Å²) in [5.41, 5.74) is -7.04. The summed E-state index contributed by atoms with van der Waals surface area (Å²) in [7, 11) is 0. The van der Waals surface area contributed by atoms with Crippen molar-refractivity contribution in [2.45, 2.75) is 103 Å². The van der Waals surface area contributed by atoms with Crippen LogP contribution in [-0.2, 0) is 42.9 Å². The molecule has 5 aliphatic carbocycles. The topological polar surface area (TPSA) is 206 Å². The van der Waals surface area contributed by atoms with E-state index in [-0.39, 0.29) is 12.2 Å². The summed E-state index contributed by atoms with van der Waals surface area (Å²) in [6.07, 6.45) is -6.82. The number of esters is 3. The fraction of sp³-hybridized carbons (Fsp3) is 0.788. The highest BCUT2D eigenvalue weighted by Gasteiger charge is 2.84. The summed E-state index contributed by atoms with van der Waals surface area (Å²) in [5, 5.41) is 48.7. The molecule has 0 aromatic carbocycles. The van der Waals surface area contributed by atoms with Gasteiger partial charge in [-0.2, -0.15) is 0 Å². The van der Waals surface area contributed by atoms with Crippen LogP contribution in [0.25, 0.3) is 0 Å². The van der Waals surface area contributed by atoms with Gasteiger partial charge in [0.2, 0.25) is 0 Å². The Bertz CT molecular complexity index is 1480. The Labute approximate surface area is 265 Å². The normalized spacial score (nSPS) is 56.1. The van der Waals surface area contributed by atoms with E-state index in [2.05, 4.69) is 0 Å². The van der Waals surface area contributed by atoms with E-state index in [1.165, 1.54) is 13.8 Å². The van der Waals surface area contributed by atoms with E-state index in [0.29, 0.717) is 0 Å². The van der Waals surface area contributed by atoms with Crippen LogP contribution in [-0.4, -0.2) is 98.2 Å². The average molecular weight is 647 g/mol. The molecule has 13 heteroatoms. The number of aliphatic hydroxyl groups excluding tert-OH is 3. The molecule has 0 unspecified atom stereocenters. The molecule has 0 aromatic heterocycles. The molecule has 18 atom stereocenters. The minimum Gasteiger partial charge on any atom is -0.459 e. The molecular formula is C33H42O13. The van der Waals surface area contributed by atoms with Crippen LogP contribution in [0.15, 0.2) is 11.8 Å². The van der Waals surface area contributed by atoms with E-state index < -0.39 is 135 Å². The lowest BCUT2D eigenvalue weighted by Crippen LogP contribution is -2.75. The van der Waals surface area contributed by atoms with E-state index in [4.69, 9.17) is 18.9 Å². The smallest absolute Gasteiger partial charge is 0.343 e. The predicted octanol–water partition coefficient (Wildman–Crippen LogP) is -0.160. The van der Waals surface area contributed by atoms with Crippen LogP contribution in [0.5, 0.6) is 0 Å². The van der Waals surface area contributed by atoms with Gasteiger partial charge in [-0.1, -0.05) is 13.8 Å². The summed E-state index contributed by atoms with van der Waals surface area (Å²) < 4.78 is 22.9. The van der Waals surface area contributed by atoms with Crippen molar-refractivity contribution >= 4 is 29.5 Å². The van der Waals surface area contributed by atoms with Crippen molar-refractivity contribution in [3.8, 4) is 0 Å². The van der Waals surface area contributed by atoms with Crippen LogP contribution in [0.3, 0.4) is 0 Å². The zero-order valence-corrected chi connectivity index (χ0v) is 26.8. The molecule has 46 heavy (non-hydrogen) atoms. The lowest BCUT2D eigenvalue weighted by atomic mass is 9.40. The van der Waals surface area contributed by atoms with Crippen molar-refractivity contribution in [3.05, 3.63) is 11.8 Å². The summed E-state index contributed by atoms with van der Waals surface area (Å²) in [4.78, 5) is 67.3. The molecule has 6 fully saturated rings. The minimum absolute atomic E-state index is 0.123. The van der Waals surface area contributed by atoms with Crippen LogP contribution in [0.4, 0.5) is 0 Å². The van der Waals surface area contributed by atoms with Gasteiger partial charge in [0.15, 0.2) is 17.5 Å². The fourth-order valence-corrected chi connectivity index (χ4v) is 11.7. The van der Waals surface area contributed by atoms with Gasteiger partial charge in [-0.25, -0.2) is 4.79 Å². The second-order valence-corrected chi connectivity index (χ2v) is 15.4. The molecule has 2 heterocycles. The Morgan fingerprint density at radius 3 is 2.13 bits per heavy atom. The average Bonchev–Trinajstić information content (AvgIpc) is 3.64. The number of ether oxygens (including phenoxy) is 4. The molecule has 0 spiro atoms. The third kappa shape index (κ3) is 3.41. The molecule has 7 rings (SSSR count). The van der Waals surface area contributed by atoms with Crippen LogP contribution in [0.2, 0.25) is 0 Å². The van der Waals surface area contributed by atoms with Crippen LogP contribution in [0.1, 0.15) is 54.9 Å². The first-order chi connectivity index (χ1) is 21.3. The van der Waals surface area contributed by atoms with Crippen molar-refractivity contribution in [3.63, 3.8) is 0 Å². The summed E-state index contributed by atoms with van der Waals surface area (Å²) in [6.45, 7) is 9.79. The van der Waals surface area contributed by atoms with Gasteiger partial charge in [0.25, 0.3) is 0 Å². The van der Waals surface area contributed by atoms with E-state index in [9.17, 15) is 44.4 Å². The Hall–Kier alpha value is -2.71. The minimum atomic E-state index is -2.15. The van der Waals surface area contributed by atoms with E-state index in [0.717, 1.165) is 13.8 Å². The Kier molecular flexibility index (Phi) is 6.56. The van der Waals surface area contributed by atoms with Crippen molar-refractivity contribution < 1.29 is 63.3 Å². The lowest BCUT2D eigenvalue weighted by molar-refractivity contribution is -0.266. The molecule has 0 aromatic rings. The second-order valence-electron chi connectivity index (χ2n) is 15.4. The Morgan fingerprint density at radius 2 is 1.54 bits per heavy atom. The lowest BCUT2D eigenvalue weighted by Gasteiger charge is -2.65. The zero-order valence-electron chi connectivity index (χ0n) is 26.8. The van der Waals surface area contributed by atoms with Crippen LogP contribution in [0, 0.1) is 57.7 Å². The second kappa shape index (κ2) is 9.46. The molecule has 252 valence electrons. The third-order valence-corrected chi connectivity index (χ3v) is 13.7.